The van der Waals surface area contributed by atoms with Gasteiger partial charge in [0.25, 0.3) is 5.91 Å². The van der Waals surface area contributed by atoms with Crippen LogP contribution in [0.4, 0.5) is 15.8 Å². The third-order valence-electron chi connectivity index (χ3n) is 3.27. The zero-order chi connectivity index (χ0) is 16.7. The Morgan fingerprint density at radius 1 is 1.30 bits per heavy atom. The van der Waals surface area contributed by atoms with Crippen LogP contribution in [0, 0.1) is 12.7 Å². The van der Waals surface area contributed by atoms with Gasteiger partial charge in [0.05, 0.1) is 23.1 Å². The maximum absolute atomic E-state index is 14.0. The molecule has 1 aromatic carbocycles. The number of methoxy groups -OCH3 is 1. The Labute approximate surface area is 134 Å². The number of nitrogens with zero attached hydrogens (tertiary/aromatic N) is 1. The molecule has 5 nitrogen and oxygen atoms in total. The SMILES string of the molecule is COCCCNC(=O)c1ccncc1Nc1ccc(C)cc1F. The summed E-state index contributed by atoms with van der Waals surface area (Å²) in [6.07, 6.45) is 3.76. The molecule has 2 N–H and O–H groups in total. The number of carbonyl (C=O) groups excluding carboxylic acids is 1. The second-order valence-corrected chi connectivity index (χ2v) is 5.13. The molecule has 0 aliphatic heterocycles. The lowest BCUT2D eigenvalue weighted by Gasteiger charge is -2.12. The van der Waals surface area contributed by atoms with Crippen molar-refractivity contribution < 1.29 is 13.9 Å². The molecule has 1 heterocycles. The van der Waals surface area contributed by atoms with Crippen molar-refractivity contribution in [2.24, 2.45) is 0 Å². The molecule has 1 aromatic heterocycles. The minimum Gasteiger partial charge on any atom is -0.385 e. The number of hydrogen-bond donors (Lipinski definition) is 2. The van der Waals surface area contributed by atoms with Gasteiger partial charge in [0.15, 0.2) is 0 Å². The smallest absolute Gasteiger partial charge is 0.253 e. The topological polar surface area (TPSA) is 63.2 Å². The standard InChI is InChI=1S/C17H20FN3O2/c1-12-4-5-15(14(18)10-12)21-16-11-19-8-6-13(16)17(22)20-7-3-9-23-2/h4-6,8,10-11,21H,3,7,9H2,1-2H3,(H,20,22). The fourth-order valence-corrected chi connectivity index (χ4v) is 2.07. The van der Waals surface area contributed by atoms with Crippen LogP contribution >= 0.6 is 0 Å². The third kappa shape index (κ3) is 4.75. The molecule has 0 fully saturated rings. The molecular weight excluding hydrogens is 297 g/mol. The molecule has 0 saturated heterocycles. The number of anilines is 2. The first-order valence-corrected chi connectivity index (χ1v) is 7.36. The molecular formula is C17H20FN3O2. The molecule has 0 aliphatic carbocycles. The molecule has 0 radical (unpaired) electrons. The van der Waals surface area contributed by atoms with Crippen LogP contribution in [0.1, 0.15) is 22.3 Å². The van der Waals surface area contributed by atoms with Gasteiger partial charge < -0.3 is 15.4 Å². The minimum atomic E-state index is -0.375. The van der Waals surface area contributed by atoms with E-state index in [0.29, 0.717) is 30.1 Å². The van der Waals surface area contributed by atoms with Gasteiger partial charge in [0, 0.05) is 26.5 Å². The van der Waals surface area contributed by atoms with E-state index in [1.807, 2.05) is 6.92 Å². The van der Waals surface area contributed by atoms with E-state index in [9.17, 15) is 9.18 Å². The zero-order valence-electron chi connectivity index (χ0n) is 13.2. The number of carbonyl (C=O) groups is 1. The second-order valence-electron chi connectivity index (χ2n) is 5.13. The molecule has 2 aromatic rings. The Morgan fingerprint density at radius 3 is 2.87 bits per heavy atom. The molecule has 0 unspecified atom stereocenters. The number of benzene rings is 1. The van der Waals surface area contributed by atoms with Gasteiger partial charge >= 0.3 is 0 Å². The molecule has 0 spiro atoms. The highest BCUT2D eigenvalue weighted by Gasteiger charge is 2.12. The fraction of sp³-hybridized carbons (Fsp3) is 0.294. The molecule has 1 amide bonds. The first kappa shape index (κ1) is 16.9. The van der Waals surface area contributed by atoms with Gasteiger partial charge in [-0.2, -0.15) is 0 Å². The molecule has 23 heavy (non-hydrogen) atoms. The highest BCUT2D eigenvalue weighted by Crippen LogP contribution is 2.23. The predicted molar refractivity (Wildman–Crippen MR) is 87.5 cm³/mol. The van der Waals surface area contributed by atoms with Crippen molar-refractivity contribution in [3.63, 3.8) is 0 Å². The monoisotopic (exact) mass is 317 g/mol. The molecule has 0 atom stereocenters. The van der Waals surface area contributed by atoms with Crippen LogP contribution in [0.15, 0.2) is 36.7 Å². The van der Waals surface area contributed by atoms with Crippen molar-refractivity contribution in [2.75, 3.05) is 25.6 Å². The molecule has 0 bridgehead atoms. The van der Waals surface area contributed by atoms with Crippen molar-refractivity contribution in [3.8, 4) is 0 Å². The van der Waals surface area contributed by atoms with E-state index >= 15 is 0 Å². The number of pyridine rings is 1. The van der Waals surface area contributed by atoms with Crippen LogP contribution in [0.3, 0.4) is 0 Å². The Kier molecular flexibility index (Phi) is 6.05. The summed E-state index contributed by atoms with van der Waals surface area (Å²) in [7, 11) is 1.61. The summed E-state index contributed by atoms with van der Waals surface area (Å²) in [6, 6.07) is 6.47. The van der Waals surface area contributed by atoms with Crippen molar-refractivity contribution in [2.45, 2.75) is 13.3 Å². The summed E-state index contributed by atoms with van der Waals surface area (Å²) >= 11 is 0. The molecule has 0 aliphatic rings. The normalized spacial score (nSPS) is 10.4. The van der Waals surface area contributed by atoms with Crippen LogP contribution in [0.25, 0.3) is 0 Å². The van der Waals surface area contributed by atoms with Crippen LogP contribution in [0.5, 0.6) is 0 Å². The molecule has 2 rings (SSSR count). The van der Waals surface area contributed by atoms with E-state index < -0.39 is 0 Å². The number of aryl methyl sites for hydroxylation is 1. The lowest BCUT2D eigenvalue weighted by molar-refractivity contribution is 0.0949. The minimum absolute atomic E-state index is 0.237. The fourth-order valence-electron chi connectivity index (χ4n) is 2.07. The Morgan fingerprint density at radius 2 is 2.13 bits per heavy atom. The highest BCUT2D eigenvalue weighted by molar-refractivity contribution is 6.00. The van der Waals surface area contributed by atoms with E-state index in [2.05, 4.69) is 15.6 Å². The van der Waals surface area contributed by atoms with Crippen molar-refractivity contribution in [1.29, 1.82) is 0 Å². The van der Waals surface area contributed by atoms with E-state index in [-0.39, 0.29) is 11.7 Å². The van der Waals surface area contributed by atoms with Gasteiger partial charge in [0.2, 0.25) is 0 Å². The summed E-state index contributed by atoms with van der Waals surface area (Å²) in [5.74, 6) is -0.612. The first-order chi connectivity index (χ1) is 11.1. The lowest BCUT2D eigenvalue weighted by atomic mass is 10.1. The van der Waals surface area contributed by atoms with Crippen LogP contribution in [-0.2, 0) is 4.74 Å². The highest BCUT2D eigenvalue weighted by atomic mass is 19.1. The number of hydrogen-bond acceptors (Lipinski definition) is 4. The van der Waals surface area contributed by atoms with Gasteiger partial charge in [-0.05, 0) is 37.1 Å². The van der Waals surface area contributed by atoms with Gasteiger partial charge in [0.1, 0.15) is 5.82 Å². The van der Waals surface area contributed by atoms with Crippen molar-refractivity contribution in [1.82, 2.24) is 10.3 Å². The summed E-state index contributed by atoms with van der Waals surface area (Å²) in [6.45, 7) is 2.90. The quantitative estimate of drug-likeness (QED) is 0.771. The summed E-state index contributed by atoms with van der Waals surface area (Å²) in [5.41, 5.74) is 2.00. The zero-order valence-corrected chi connectivity index (χ0v) is 13.2. The lowest BCUT2D eigenvalue weighted by Crippen LogP contribution is -2.26. The molecule has 0 saturated carbocycles. The number of nitrogens with one attached hydrogen (secondary N) is 2. The van der Waals surface area contributed by atoms with Crippen molar-refractivity contribution in [3.05, 3.63) is 53.6 Å². The van der Waals surface area contributed by atoms with Gasteiger partial charge in [-0.3, -0.25) is 9.78 Å². The van der Waals surface area contributed by atoms with Crippen LogP contribution in [-0.4, -0.2) is 31.2 Å². The Hall–Kier alpha value is -2.47. The van der Waals surface area contributed by atoms with E-state index in [0.717, 1.165) is 12.0 Å². The van der Waals surface area contributed by atoms with E-state index in [1.165, 1.54) is 18.5 Å². The Bertz CT molecular complexity index is 677. The molecule has 6 heteroatoms. The summed E-state index contributed by atoms with van der Waals surface area (Å²) in [4.78, 5) is 16.2. The van der Waals surface area contributed by atoms with Crippen LogP contribution < -0.4 is 10.6 Å². The summed E-state index contributed by atoms with van der Waals surface area (Å²) in [5, 5.41) is 5.73. The first-order valence-electron chi connectivity index (χ1n) is 7.36. The van der Waals surface area contributed by atoms with Gasteiger partial charge in [-0.15, -0.1) is 0 Å². The largest absolute Gasteiger partial charge is 0.385 e. The Balaban J connectivity index is 2.12. The summed E-state index contributed by atoms with van der Waals surface area (Å²) < 4.78 is 18.9. The van der Waals surface area contributed by atoms with E-state index in [4.69, 9.17) is 4.74 Å². The van der Waals surface area contributed by atoms with Gasteiger partial charge in [-0.25, -0.2) is 4.39 Å². The predicted octanol–water partition coefficient (Wildman–Crippen LogP) is 3.04. The second kappa shape index (κ2) is 8.24. The van der Waals surface area contributed by atoms with Crippen LogP contribution in [0.2, 0.25) is 0 Å². The third-order valence-corrected chi connectivity index (χ3v) is 3.27. The van der Waals surface area contributed by atoms with E-state index in [1.54, 1.807) is 25.3 Å². The number of halogens is 1. The van der Waals surface area contributed by atoms with Crippen molar-refractivity contribution >= 4 is 17.3 Å². The molecule has 122 valence electrons. The number of rotatable bonds is 7. The average Bonchev–Trinajstić information content (AvgIpc) is 2.54. The number of amides is 1. The maximum atomic E-state index is 14.0. The number of aromatic nitrogens is 1. The maximum Gasteiger partial charge on any atom is 0.253 e. The number of ether oxygens (including phenoxy) is 1. The van der Waals surface area contributed by atoms with Gasteiger partial charge in [-0.1, -0.05) is 6.07 Å². The average molecular weight is 317 g/mol.